The van der Waals surface area contributed by atoms with Gasteiger partial charge in [-0.2, -0.15) is 0 Å². The molecule has 12 saturated carbocycles. The Morgan fingerprint density at radius 3 is 0.941 bits per heavy atom. The van der Waals surface area contributed by atoms with Crippen LogP contribution < -0.4 is 14.7 Å². The highest BCUT2D eigenvalue weighted by atomic mass is 15.2. The lowest BCUT2D eigenvalue weighted by molar-refractivity contribution is -0.0399. The zero-order valence-corrected chi connectivity index (χ0v) is 77.1. The number of aromatic nitrogens is 1. The van der Waals surface area contributed by atoms with E-state index in [1.165, 1.54) is 246 Å². The van der Waals surface area contributed by atoms with Gasteiger partial charge in [-0.05, 0) is 382 Å². The highest BCUT2D eigenvalue weighted by Crippen LogP contribution is 2.74. The van der Waals surface area contributed by atoms with Gasteiger partial charge in [-0.15, -0.1) is 0 Å². The molecule has 3 spiro atoms. The minimum absolute atomic E-state index is 0.186. The lowest BCUT2D eigenvalue weighted by Gasteiger charge is -2.61. The van der Waals surface area contributed by atoms with E-state index < -0.39 is 0 Å². The van der Waals surface area contributed by atoms with E-state index in [4.69, 9.17) is 0 Å². The third-order valence-corrected chi connectivity index (χ3v) is 36.6. The van der Waals surface area contributed by atoms with Crippen LogP contribution in [0.3, 0.4) is 0 Å². The van der Waals surface area contributed by atoms with Gasteiger partial charge in [0.05, 0.1) is 22.4 Å². The number of fused-ring (bicyclic) bond motifs is 16. The van der Waals surface area contributed by atoms with E-state index >= 15 is 0 Å². The van der Waals surface area contributed by atoms with Crippen molar-refractivity contribution in [3.05, 3.63) is 446 Å². The molecule has 0 unspecified atom stereocenters. The Kier molecular flexibility index (Phi) is 18.1. The molecule has 0 amide bonds. The monoisotopic (exact) mass is 1750 g/mol. The molecule has 0 atom stereocenters. The van der Waals surface area contributed by atoms with Gasteiger partial charge < -0.3 is 19.3 Å². The summed E-state index contributed by atoms with van der Waals surface area (Å²) in [4.78, 5) is 7.45. The zero-order chi connectivity index (χ0) is 89.1. The number of hydrogen-bond donors (Lipinski definition) is 0. The first-order valence-electron chi connectivity index (χ1n) is 51.2. The van der Waals surface area contributed by atoms with Crippen molar-refractivity contribution in [1.29, 1.82) is 0 Å². The second-order valence-electron chi connectivity index (χ2n) is 43.0. The molecule has 0 N–H and O–H groups in total. The highest BCUT2D eigenvalue weighted by Gasteiger charge is 2.65. The van der Waals surface area contributed by atoms with Crippen molar-refractivity contribution in [1.82, 2.24) is 4.57 Å². The predicted octanol–water partition coefficient (Wildman–Crippen LogP) is 34.9. The van der Waals surface area contributed by atoms with Crippen LogP contribution in [0.15, 0.2) is 413 Å². The van der Waals surface area contributed by atoms with Crippen LogP contribution in [0.4, 0.5) is 51.2 Å². The average molecular weight is 1750 g/mol. The zero-order valence-electron chi connectivity index (χ0n) is 77.1. The smallest absolute Gasteiger partial charge is 0.0546 e. The van der Waals surface area contributed by atoms with Crippen LogP contribution in [0.5, 0.6) is 0 Å². The van der Waals surface area contributed by atoms with E-state index in [2.05, 4.69) is 432 Å². The van der Waals surface area contributed by atoms with Crippen molar-refractivity contribution in [3.63, 3.8) is 0 Å². The molecule has 15 aliphatic rings. The summed E-state index contributed by atoms with van der Waals surface area (Å²) in [6.07, 6.45) is 21.4. The molecule has 12 fully saturated rings. The topological polar surface area (TPSA) is 14.7 Å². The molecular formula is C132H110N4. The lowest BCUT2D eigenvalue weighted by atomic mass is 9.43. The van der Waals surface area contributed by atoms with Gasteiger partial charge in [-0.1, -0.05) is 297 Å². The number of benzene rings is 18. The third kappa shape index (κ3) is 11.8. The first-order chi connectivity index (χ1) is 67.3. The standard InChI is InChI=1S/C46H38N2.C44H37N.C42H35N/c1-2-11-34(12-3-1)47(35-13-10-14-36(28-35)48-44-19-8-5-16-39(44)40-17-6-9-20-45(40)48)37-21-22-43-41(29-37)38-15-4-7-18-42(38)46(43)32-24-30-23-31(26-32)27-33(46)25-30;1-3-11-31(12-4-1)36-20-22-43(39-17-8-7-15-37(36)39)45(34-13-5-2-6-14-34)35-19-21-42-40(28-35)38-16-9-10-18-41(38)44(42)32-24-29-23-30(26-32)27-33(44)25-29;1-2-11-32(12-3-1)43(41-25-29-10-4-5-13-34(29)35-14-6-7-16-37(35)41)33-18-19-40-38(26-33)36-15-8-9-17-39(36)42(40)30-21-27-20-28(23-30)24-31(42)22-27/h1-22,28-33H,23-27H2;1-22,28-30,32-33H,23-27H2;1-19,25-28,30-31H,20-24H2. The van der Waals surface area contributed by atoms with Crippen LogP contribution in [0, 0.1) is 71.0 Å². The van der Waals surface area contributed by atoms with Gasteiger partial charge in [-0.3, -0.25) is 0 Å². The fourth-order valence-corrected chi connectivity index (χ4v) is 32.4. The summed E-state index contributed by atoms with van der Waals surface area (Å²) in [7, 11) is 0. The van der Waals surface area contributed by atoms with Gasteiger partial charge in [0, 0.05) is 83.3 Å². The first kappa shape index (κ1) is 79.3. The van der Waals surface area contributed by atoms with Gasteiger partial charge in [0.25, 0.3) is 0 Å². The maximum absolute atomic E-state index is 2.55. The molecule has 1 aromatic heterocycles. The predicted molar refractivity (Wildman–Crippen MR) is 565 cm³/mol. The molecule has 0 radical (unpaired) electrons. The molecule has 18 aromatic carbocycles. The molecule has 136 heavy (non-hydrogen) atoms. The summed E-state index contributed by atoms with van der Waals surface area (Å²) >= 11 is 0. The van der Waals surface area contributed by atoms with E-state index in [9.17, 15) is 0 Å². The summed E-state index contributed by atoms with van der Waals surface area (Å²) in [6, 6.07) is 155. The van der Waals surface area contributed by atoms with Crippen molar-refractivity contribution in [2.45, 2.75) is 113 Å². The van der Waals surface area contributed by atoms with Crippen LogP contribution in [-0.4, -0.2) is 4.57 Å². The van der Waals surface area contributed by atoms with E-state index in [-0.39, 0.29) is 16.2 Å². The Morgan fingerprint density at radius 2 is 0.500 bits per heavy atom. The summed E-state index contributed by atoms with van der Waals surface area (Å²) < 4.78 is 2.42. The summed E-state index contributed by atoms with van der Waals surface area (Å²) in [5, 5.41) is 10.3. The minimum atomic E-state index is 0.186. The third-order valence-electron chi connectivity index (χ3n) is 36.6. The van der Waals surface area contributed by atoms with E-state index in [0.717, 1.165) is 76.7 Å². The van der Waals surface area contributed by atoms with E-state index in [0.29, 0.717) is 0 Å². The number of anilines is 9. The molecule has 1 heterocycles. The van der Waals surface area contributed by atoms with Gasteiger partial charge in [0.2, 0.25) is 0 Å². The highest BCUT2D eigenvalue weighted by molar-refractivity contribution is 6.15. The number of nitrogens with zero attached hydrogens (tertiary/aromatic N) is 4. The molecule has 0 aliphatic heterocycles. The van der Waals surface area contributed by atoms with E-state index in [1.807, 2.05) is 0 Å². The Bertz CT molecular complexity index is 7860. The summed E-state index contributed by atoms with van der Waals surface area (Å²) in [5.41, 5.74) is 36.1. The summed E-state index contributed by atoms with van der Waals surface area (Å²) in [6.45, 7) is 0. The van der Waals surface area contributed by atoms with Gasteiger partial charge in [-0.25, -0.2) is 0 Å². The van der Waals surface area contributed by atoms with Crippen molar-refractivity contribution in [3.8, 4) is 50.2 Å². The SMILES string of the molecule is c1ccc(-c2ccc(N(c3ccccc3)c3ccc4c(c3)-c3ccccc3C43C4CC5CC(C4)CC3C5)c3ccccc23)cc1.c1ccc(N(c2ccc3c(c2)-c2ccccc2C32C3CC4CC(C3)CC2C4)c2cc3ccccc3c3ccccc23)cc1.c1ccc(N(c2cccc(-n3c4ccccc4c4ccccc43)c2)c2ccc3c(c2)-c2ccccc2C32C3CC4CC(C3)CC2C4)cc1. The van der Waals surface area contributed by atoms with Crippen molar-refractivity contribution >= 4 is 105 Å². The minimum Gasteiger partial charge on any atom is -0.310 e. The van der Waals surface area contributed by atoms with Crippen LogP contribution >= 0.6 is 0 Å². The normalized spacial score (nSPS) is 25.4. The second kappa shape index (κ2) is 31.0. The molecule has 658 valence electrons. The number of para-hydroxylation sites is 5. The quantitative estimate of drug-likeness (QED) is 0.120. The molecular weight excluding hydrogens is 1640 g/mol. The van der Waals surface area contributed by atoms with Gasteiger partial charge in [0.1, 0.15) is 0 Å². The molecule has 15 aliphatic carbocycles. The van der Waals surface area contributed by atoms with Crippen molar-refractivity contribution in [2.75, 3.05) is 14.7 Å². The Hall–Kier alpha value is -14.1. The summed E-state index contributed by atoms with van der Waals surface area (Å²) in [5.74, 6) is 10.4. The average Bonchev–Trinajstić information content (AvgIpc) is 1.50. The Balaban J connectivity index is 0.0000000990. The molecule has 34 rings (SSSR count). The molecule has 0 saturated heterocycles. The van der Waals surface area contributed by atoms with Crippen LogP contribution in [0.25, 0.3) is 104 Å². The number of hydrogen-bond acceptors (Lipinski definition) is 3. The van der Waals surface area contributed by atoms with Crippen LogP contribution in [-0.2, 0) is 16.2 Å². The number of rotatable bonds is 11. The van der Waals surface area contributed by atoms with E-state index in [1.54, 1.807) is 33.4 Å². The Labute approximate surface area is 798 Å². The fourth-order valence-electron chi connectivity index (χ4n) is 32.4. The molecule has 4 heteroatoms. The largest absolute Gasteiger partial charge is 0.310 e. The molecule has 19 aromatic rings. The maximum atomic E-state index is 2.55. The first-order valence-corrected chi connectivity index (χ1v) is 51.2. The van der Waals surface area contributed by atoms with Gasteiger partial charge >= 0.3 is 0 Å². The maximum Gasteiger partial charge on any atom is 0.0546 e. The second-order valence-corrected chi connectivity index (χ2v) is 43.0. The molecule has 4 nitrogen and oxygen atoms in total. The Morgan fingerprint density at radius 1 is 0.184 bits per heavy atom. The van der Waals surface area contributed by atoms with Crippen molar-refractivity contribution < 1.29 is 0 Å². The van der Waals surface area contributed by atoms with Crippen LogP contribution in [0.2, 0.25) is 0 Å². The molecule has 12 bridgehead atoms. The fraction of sp³-hybridized carbons (Fsp3) is 0.227. The van der Waals surface area contributed by atoms with Gasteiger partial charge in [0.15, 0.2) is 0 Å². The van der Waals surface area contributed by atoms with Crippen molar-refractivity contribution in [2.24, 2.45) is 71.0 Å². The lowest BCUT2D eigenvalue weighted by Crippen LogP contribution is -2.55. The van der Waals surface area contributed by atoms with Crippen LogP contribution in [0.1, 0.15) is 130 Å².